The third-order valence-electron chi connectivity index (χ3n) is 4.06. The molecule has 0 heterocycles. The standard InChI is InChI=1S/C21H28FN3O2.HI/c1-5-27-20-10-15(2)6-8-17(20)13-25-21(23-3)24-12-16-7-9-19(22)18(11-16)14-26-4;/h6-11H,5,12-14H2,1-4H3,(H2,23,24,25);1H. The van der Waals surface area contributed by atoms with Gasteiger partial charge in [0.2, 0.25) is 0 Å². The van der Waals surface area contributed by atoms with Gasteiger partial charge in [-0.3, -0.25) is 4.99 Å². The topological polar surface area (TPSA) is 54.9 Å². The highest BCUT2D eigenvalue weighted by Gasteiger charge is 2.07. The molecule has 0 spiro atoms. The second kappa shape index (κ2) is 12.6. The number of halogens is 2. The van der Waals surface area contributed by atoms with Crippen LogP contribution in [0.5, 0.6) is 5.75 Å². The number of aryl methyl sites for hydroxylation is 1. The number of nitrogens with zero attached hydrogens (tertiary/aromatic N) is 1. The minimum Gasteiger partial charge on any atom is -0.494 e. The van der Waals surface area contributed by atoms with Gasteiger partial charge in [0, 0.05) is 38.4 Å². The number of guanidine groups is 1. The monoisotopic (exact) mass is 501 g/mol. The lowest BCUT2D eigenvalue weighted by atomic mass is 10.1. The fourth-order valence-corrected chi connectivity index (χ4v) is 2.69. The molecule has 2 aromatic carbocycles. The second-order valence-electron chi connectivity index (χ2n) is 6.18. The molecule has 7 heteroatoms. The first-order valence-corrected chi connectivity index (χ1v) is 9.00. The maximum absolute atomic E-state index is 13.7. The molecule has 2 N–H and O–H groups in total. The van der Waals surface area contributed by atoms with Crippen molar-refractivity contribution >= 4 is 29.9 Å². The zero-order valence-corrected chi connectivity index (χ0v) is 19.2. The molecule has 0 aromatic heterocycles. The minimum absolute atomic E-state index is 0. The first-order chi connectivity index (χ1) is 13.1. The van der Waals surface area contributed by atoms with Crippen LogP contribution in [0.25, 0.3) is 0 Å². The van der Waals surface area contributed by atoms with Gasteiger partial charge in [-0.15, -0.1) is 24.0 Å². The van der Waals surface area contributed by atoms with E-state index < -0.39 is 0 Å². The molecule has 0 fully saturated rings. The van der Waals surface area contributed by atoms with Crippen LogP contribution in [0.1, 0.15) is 29.2 Å². The summed E-state index contributed by atoms with van der Waals surface area (Å²) in [4.78, 5) is 4.24. The Hall–Kier alpha value is -1.87. The van der Waals surface area contributed by atoms with Crippen LogP contribution in [0.3, 0.4) is 0 Å². The Morgan fingerprint density at radius 1 is 1.07 bits per heavy atom. The Bertz CT molecular complexity index is 784. The maximum Gasteiger partial charge on any atom is 0.191 e. The van der Waals surface area contributed by atoms with Gasteiger partial charge in [0.25, 0.3) is 0 Å². The predicted molar refractivity (Wildman–Crippen MR) is 122 cm³/mol. The third-order valence-corrected chi connectivity index (χ3v) is 4.06. The number of benzene rings is 2. The number of nitrogens with one attached hydrogen (secondary N) is 2. The maximum atomic E-state index is 13.7. The molecule has 0 radical (unpaired) electrons. The highest BCUT2D eigenvalue weighted by Crippen LogP contribution is 2.20. The second-order valence-corrected chi connectivity index (χ2v) is 6.18. The van der Waals surface area contributed by atoms with E-state index in [0.717, 1.165) is 22.4 Å². The van der Waals surface area contributed by atoms with Crippen LogP contribution in [0.2, 0.25) is 0 Å². The smallest absolute Gasteiger partial charge is 0.191 e. The fraction of sp³-hybridized carbons (Fsp3) is 0.381. The number of methoxy groups -OCH3 is 1. The van der Waals surface area contributed by atoms with Crippen LogP contribution in [0, 0.1) is 12.7 Å². The Morgan fingerprint density at radius 3 is 2.50 bits per heavy atom. The average molecular weight is 501 g/mol. The number of aliphatic imine (C=N–C) groups is 1. The molecule has 0 bridgehead atoms. The average Bonchev–Trinajstić information content (AvgIpc) is 2.66. The summed E-state index contributed by atoms with van der Waals surface area (Å²) >= 11 is 0. The molecule has 2 aromatic rings. The van der Waals surface area contributed by atoms with Crippen LogP contribution < -0.4 is 15.4 Å². The van der Waals surface area contributed by atoms with E-state index >= 15 is 0 Å². The zero-order valence-electron chi connectivity index (χ0n) is 16.8. The summed E-state index contributed by atoms with van der Waals surface area (Å²) in [6, 6.07) is 11.2. The summed E-state index contributed by atoms with van der Waals surface area (Å²) in [5.41, 5.74) is 3.72. The molecule has 2 rings (SSSR count). The Balaban J connectivity index is 0.00000392. The van der Waals surface area contributed by atoms with E-state index in [-0.39, 0.29) is 36.4 Å². The van der Waals surface area contributed by atoms with Crippen molar-refractivity contribution in [2.24, 2.45) is 4.99 Å². The largest absolute Gasteiger partial charge is 0.494 e. The number of hydrogen-bond donors (Lipinski definition) is 2. The van der Waals surface area contributed by atoms with Crippen molar-refractivity contribution in [1.29, 1.82) is 0 Å². The van der Waals surface area contributed by atoms with Crippen molar-refractivity contribution < 1.29 is 13.9 Å². The minimum atomic E-state index is -0.258. The molecule has 0 saturated heterocycles. The van der Waals surface area contributed by atoms with Gasteiger partial charge in [-0.2, -0.15) is 0 Å². The highest BCUT2D eigenvalue weighted by atomic mass is 127. The Morgan fingerprint density at radius 2 is 1.82 bits per heavy atom. The summed E-state index contributed by atoms with van der Waals surface area (Å²) in [6.45, 7) is 6.01. The highest BCUT2D eigenvalue weighted by molar-refractivity contribution is 14.0. The van der Waals surface area contributed by atoms with E-state index in [4.69, 9.17) is 9.47 Å². The molecule has 0 aliphatic carbocycles. The van der Waals surface area contributed by atoms with Gasteiger partial charge in [0.15, 0.2) is 5.96 Å². The van der Waals surface area contributed by atoms with E-state index in [2.05, 4.69) is 27.8 Å². The van der Waals surface area contributed by atoms with Gasteiger partial charge in [-0.1, -0.05) is 18.2 Å². The SMILES string of the molecule is CCOc1cc(C)ccc1CNC(=NC)NCc1ccc(F)c(COC)c1.I. The van der Waals surface area contributed by atoms with Crippen molar-refractivity contribution in [2.45, 2.75) is 33.5 Å². The van der Waals surface area contributed by atoms with E-state index in [9.17, 15) is 4.39 Å². The molecule has 0 atom stereocenters. The lowest BCUT2D eigenvalue weighted by Gasteiger charge is -2.15. The van der Waals surface area contributed by atoms with Gasteiger partial charge in [0.05, 0.1) is 13.2 Å². The van der Waals surface area contributed by atoms with Crippen molar-refractivity contribution in [3.8, 4) is 5.75 Å². The van der Waals surface area contributed by atoms with Crippen molar-refractivity contribution in [3.05, 3.63) is 64.5 Å². The normalized spacial score (nSPS) is 11.0. The molecular formula is C21H29FIN3O2. The molecule has 28 heavy (non-hydrogen) atoms. The van der Waals surface area contributed by atoms with Gasteiger partial charge in [0.1, 0.15) is 11.6 Å². The lowest BCUT2D eigenvalue weighted by molar-refractivity contribution is 0.181. The van der Waals surface area contributed by atoms with Gasteiger partial charge < -0.3 is 20.1 Å². The van der Waals surface area contributed by atoms with E-state index in [1.54, 1.807) is 26.3 Å². The van der Waals surface area contributed by atoms with Gasteiger partial charge in [-0.25, -0.2) is 4.39 Å². The van der Waals surface area contributed by atoms with E-state index in [0.29, 0.717) is 31.2 Å². The van der Waals surface area contributed by atoms with Crippen LogP contribution in [-0.4, -0.2) is 26.7 Å². The summed E-state index contributed by atoms with van der Waals surface area (Å²) < 4.78 is 24.5. The molecule has 0 amide bonds. The summed E-state index contributed by atoms with van der Waals surface area (Å²) in [6.07, 6.45) is 0. The molecule has 0 unspecified atom stereocenters. The Kier molecular flexibility index (Phi) is 10.8. The number of hydrogen-bond acceptors (Lipinski definition) is 3. The van der Waals surface area contributed by atoms with Crippen LogP contribution >= 0.6 is 24.0 Å². The summed E-state index contributed by atoms with van der Waals surface area (Å²) in [5.74, 6) is 1.28. The van der Waals surface area contributed by atoms with Crippen molar-refractivity contribution in [3.63, 3.8) is 0 Å². The van der Waals surface area contributed by atoms with Gasteiger partial charge >= 0.3 is 0 Å². The predicted octanol–water partition coefficient (Wildman–Crippen LogP) is 4.16. The van der Waals surface area contributed by atoms with E-state index in [1.165, 1.54) is 6.07 Å². The molecule has 154 valence electrons. The van der Waals surface area contributed by atoms with Gasteiger partial charge in [-0.05, 0) is 43.2 Å². The van der Waals surface area contributed by atoms with Crippen LogP contribution in [-0.2, 0) is 24.4 Å². The van der Waals surface area contributed by atoms with Crippen molar-refractivity contribution in [2.75, 3.05) is 20.8 Å². The first kappa shape index (κ1) is 24.2. The lowest BCUT2D eigenvalue weighted by Crippen LogP contribution is -2.36. The van der Waals surface area contributed by atoms with Crippen LogP contribution in [0.4, 0.5) is 4.39 Å². The summed E-state index contributed by atoms with van der Waals surface area (Å²) in [5, 5.41) is 6.53. The van der Waals surface area contributed by atoms with Crippen LogP contribution in [0.15, 0.2) is 41.4 Å². The number of ether oxygens (including phenoxy) is 2. The zero-order chi connectivity index (χ0) is 19.6. The number of rotatable bonds is 8. The Labute approximate surface area is 183 Å². The molecule has 0 aliphatic heterocycles. The van der Waals surface area contributed by atoms with E-state index in [1.807, 2.05) is 19.9 Å². The molecular weight excluding hydrogens is 472 g/mol. The summed E-state index contributed by atoms with van der Waals surface area (Å²) in [7, 11) is 3.27. The molecule has 5 nitrogen and oxygen atoms in total. The molecule has 0 aliphatic rings. The quantitative estimate of drug-likeness (QED) is 0.324. The van der Waals surface area contributed by atoms with Crippen molar-refractivity contribution in [1.82, 2.24) is 10.6 Å². The molecule has 0 saturated carbocycles. The fourth-order valence-electron chi connectivity index (χ4n) is 2.69. The third kappa shape index (κ3) is 7.27. The first-order valence-electron chi connectivity index (χ1n) is 9.00.